The zero-order chi connectivity index (χ0) is 4.99. The van der Waals surface area contributed by atoms with E-state index in [2.05, 4.69) is 0 Å². The molecule has 0 aromatic carbocycles. The fourth-order valence-corrected chi connectivity index (χ4v) is 0.140. The van der Waals surface area contributed by atoms with Crippen LogP contribution in [0.3, 0.4) is 0 Å². The van der Waals surface area contributed by atoms with Gasteiger partial charge in [0.25, 0.3) is 0 Å². The molecule has 4 heteroatoms. The molecule has 0 aromatic heterocycles. The molecule has 0 atom stereocenters. The highest BCUT2D eigenvalue weighted by atomic mass is 32.2. The van der Waals surface area contributed by atoms with E-state index in [4.69, 9.17) is 5.11 Å². The Hall–Kier alpha value is -0.250. The third-order valence-electron chi connectivity index (χ3n) is 0.178. The van der Waals surface area contributed by atoms with Gasteiger partial charge in [-0.2, -0.15) is 0 Å². The summed E-state index contributed by atoms with van der Waals surface area (Å²) < 4.78 is 10.8. The van der Waals surface area contributed by atoms with Gasteiger partial charge in [-0.25, -0.2) is 9.18 Å². The standard InChI is InChI=1S/C2H3FO2S/c3-1-6-2(4)5/h1H2,(H,4,5). The van der Waals surface area contributed by atoms with Crippen LogP contribution in [0.25, 0.3) is 0 Å². The van der Waals surface area contributed by atoms with E-state index in [1.807, 2.05) is 0 Å². The number of carbonyl (C=O) groups is 1. The average molecular weight is 110 g/mol. The highest BCUT2D eigenvalue weighted by molar-refractivity contribution is 8.13. The minimum absolute atomic E-state index is 0.236. The van der Waals surface area contributed by atoms with Crippen LogP contribution in [0.15, 0.2) is 0 Å². The number of carboxylic acid groups (broad SMARTS) is 1. The molecular formula is C2H3FO2S. The van der Waals surface area contributed by atoms with Crippen LogP contribution >= 0.6 is 11.8 Å². The first-order valence-corrected chi connectivity index (χ1v) is 2.17. The monoisotopic (exact) mass is 110 g/mol. The van der Waals surface area contributed by atoms with Crippen LogP contribution in [0.4, 0.5) is 9.18 Å². The molecule has 2 nitrogen and oxygen atoms in total. The molecule has 0 spiro atoms. The van der Waals surface area contributed by atoms with E-state index in [9.17, 15) is 9.18 Å². The summed E-state index contributed by atoms with van der Waals surface area (Å²) in [6.45, 7) is 0. The molecular weight excluding hydrogens is 107 g/mol. The van der Waals surface area contributed by atoms with Crippen LogP contribution in [-0.4, -0.2) is 16.4 Å². The Morgan fingerprint density at radius 2 is 2.50 bits per heavy atom. The van der Waals surface area contributed by atoms with Crippen molar-refractivity contribution in [1.29, 1.82) is 0 Å². The second-order valence-corrected chi connectivity index (χ2v) is 1.38. The zero-order valence-electron chi connectivity index (χ0n) is 2.85. The lowest BCUT2D eigenvalue weighted by Crippen LogP contribution is -1.80. The van der Waals surface area contributed by atoms with Crippen molar-refractivity contribution < 1.29 is 14.3 Å². The number of halogens is 1. The second kappa shape index (κ2) is 2.96. The summed E-state index contributed by atoms with van der Waals surface area (Å²) in [6.07, 6.45) is 0. The van der Waals surface area contributed by atoms with E-state index in [0.717, 1.165) is 0 Å². The lowest BCUT2D eigenvalue weighted by molar-refractivity contribution is 0.222. The second-order valence-electron chi connectivity index (χ2n) is 0.519. The number of rotatable bonds is 1. The summed E-state index contributed by atoms with van der Waals surface area (Å²) in [5, 5.41) is 6.47. The molecule has 6 heavy (non-hydrogen) atoms. The van der Waals surface area contributed by atoms with Crippen molar-refractivity contribution in [3.8, 4) is 0 Å². The van der Waals surface area contributed by atoms with Crippen LogP contribution in [0.2, 0.25) is 0 Å². The zero-order valence-corrected chi connectivity index (χ0v) is 3.67. The molecule has 0 saturated carbocycles. The summed E-state index contributed by atoms with van der Waals surface area (Å²) in [5.41, 5.74) is 0. The van der Waals surface area contributed by atoms with Crippen molar-refractivity contribution in [3.63, 3.8) is 0 Å². The summed E-state index contributed by atoms with van der Waals surface area (Å²) in [4.78, 5) is 9.32. The molecule has 0 amide bonds. The van der Waals surface area contributed by atoms with Crippen LogP contribution in [0, 0.1) is 0 Å². The van der Waals surface area contributed by atoms with Crippen molar-refractivity contribution in [2.24, 2.45) is 0 Å². The first-order valence-electron chi connectivity index (χ1n) is 1.19. The highest BCUT2D eigenvalue weighted by Crippen LogP contribution is 1.98. The Labute approximate surface area is 38.3 Å². The lowest BCUT2D eigenvalue weighted by atomic mass is 11.6. The number of hydrogen-bond acceptors (Lipinski definition) is 2. The smallest absolute Gasteiger partial charge is 0.367 e. The Bertz CT molecular complexity index is 55.5. The van der Waals surface area contributed by atoms with Gasteiger partial charge in [0.05, 0.1) is 0 Å². The fourth-order valence-electron chi connectivity index (χ4n) is 0.0467. The van der Waals surface area contributed by atoms with Crippen molar-refractivity contribution in [1.82, 2.24) is 0 Å². The SMILES string of the molecule is O=C(O)SCF. The van der Waals surface area contributed by atoms with E-state index >= 15 is 0 Å². The van der Waals surface area contributed by atoms with Gasteiger partial charge in [-0.15, -0.1) is 0 Å². The van der Waals surface area contributed by atoms with Crippen LogP contribution in [0.1, 0.15) is 0 Å². The van der Waals surface area contributed by atoms with E-state index in [-0.39, 0.29) is 11.8 Å². The van der Waals surface area contributed by atoms with Crippen LogP contribution < -0.4 is 0 Å². The molecule has 0 rings (SSSR count). The molecule has 0 aliphatic rings. The maximum Gasteiger partial charge on any atom is 0.367 e. The highest BCUT2D eigenvalue weighted by Gasteiger charge is 1.90. The fraction of sp³-hybridized carbons (Fsp3) is 0.500. The van der Waals surface area contributed by atoms with Gasteiger partial charge in [-0.05, 0) is 11.8 Å². The Kier molecular flexibility index (Phi) is 2.84. The third kappa shape index (κ3) is 3.75. The predicted octanol–water partition coefficient (Wildman–Crippen LogP) is 1.32. The summed E-state index contributed by atoms with van der Waals surface area (Å²) in [5.74, 6) is 0. The molecule has 0 aromatic rings. The predicted molar refractivity (Wildman–Crippen MR) is 21.6 cm³/mol. The summed E-state index contributed by atoms with van der Waals surface area (Å²) in [7, 11) is 0. The molecule has 0 bridgehead atoms. The number of hydrogen-bond donors (Lipinski definition) is 1. The maximum absolute atomic E-state index is 10.8. The van der Waals surface area contributed by atoms with Crippen molar-refractivity contribution in [2.75, 3.05) is 6.01 Å². The molecule has 0 saturated heterocycles. The Balaban J connectivity index is 2.83. The van der Waals surface area contributed by atoms with Crippen molar-refractivity contribution in [2.45, 2.75) is 0 Å². The minimum Gasteiger partial charge on any atom is -0.473 e. The third-order valence-corrected chi connectivity index (χ3v) is 0.534. The molecule has 0 radical (unpaired) electrons. The van der Waals surface area contributed by atoms with E-state index in [1.54, 1.807) is 0 Å². The van der Waals surface area contributed by atoms with Gasteiger partial charge in [0.15, 0.2) is 0 Å². The molecule has 36 valence electrons. The first-order chi connectivity index (χ1) is 2.77. The first kappa shape index (κ1) is 5.75. The molecule has 1 N–H and O–H groups in total. The summed E-state index contributed by atoms with van der Waals surface area (Å²) in [6, 6.07) is -0.852. The van der Waals surface area contributed by atoms with Crippen LogP contribution in [-0.2, 0) is 0 Å². The Morgan fingerprint density at radius 3 is 2.50 bits per heavy atom. The van der Waals surface area contributed by atoms with E-state index in [1.165, 1.54) is 0 Å². The largest absolute Gasteiger partial charge is 0.473 e. The molecule has 0 unspecified atom stereocenters. The van der Waals surface area contributed by atoms with Gasteiger partial charge < -0.3 is 5.11 Å². The van der Waals surface area contributed by atoms with Gasteiger partial charge in [0.1, 0.15) is 6.01 Å². The molecule has 0 heterocycles. The maximum atomic E-state index is 10.8. The normalized spacial score (nSPS) is 8.17. The summed E-state index contributed by atoms with van der Waals surface area (Å²) >= 11 is 0.236. The van der Waals surface area contributed by atoms with Crippen molar-refractivity contribution in [3.05, 3.63) is 0 Å². The minimum atomic E-state index is -1.17. The molecule has 0 aliphatic carbocycles. The lowest BCUT2D eigenvalue weighted by Gasteiger charge is -1.77. The van der Waals surface area contributed by atoms with Crippen LogP contribution in [0.5, 0.6) is 0 Å². The quantitative estimate of drug-likeness (QED) is 0.553. The van der Waals surface area contributed by atoms with Gasteiger partial charge in [0, 0.05) is 0 Å². The van der Waals surface area contributed by atoms with Gasteiger partial charge >= 0.3 is 5.30 Å². The van der Waals surface area contributed by atoms with E-state index < -0.39 is 11.3 Å². The van der Waals surface area contributed by atoms with Crippen molar-refractivity contribution >= 4 is 17.1 Å². The number of alkyl halides is 1. The van der Waals surface area contributed by atoms with Gasteiger partial charge in [-0.3, -0.25) is 0 Å². The van der Waals surface area contributed by atoms with E-state index in [0.29, 0.717) is 0 Å². The average Bonchev–Trinajstić information content (AvgIpc) is 1.35. The Morgan fingerprint density at radius 1 is 2.00 bits per heavy atom. The van der Waals surface area contributed by atoms with Gasteiger partial charge in [0.2, 0.25) is 0 Å². The molecule has 0 fully saturated rings. The number of thioether (sulfide) groups is 1. The topological polar surface area (TPSA) is 37.3 Å². The molecule has 0 aliphatic heterocycles. The van der Waals surface area contributed by atoms with Gasteiger partial charge in [-0.1, -0.05) is 0 Å².